The molecular weight excluding hydrogens is 228 g/mol. The summed E-state index contributed by atoms with van der Waals surface area (Å²) in [7, 11) is 0. The van der Waals surface area contributed by atoms with Crippen molar-refractivity contribution < 1.29 is 14.6 Å². The lowest BCUT2D eigenvalue weighted by atomic mass is 10.1. The van der Waals surface area contributed by atoms with Crippen molar-refractivity contribution >= 4 is 16.7 Å². The molecule has 2 aromatic carbocycles. The van der Waals surface area contributed by atoms with Gasteiger partial charge >= 0.3 is 5.97 Å². The van der Waals surface area contributed by atoms with E-state index in [0.29, 0.717) is 13.0 Å². The smallest absolute Gasteiger partial charge is 0.303 e. The maximum absolute atomic E-state index is 10.3. The largest absolute Gasteiger partial charge is 0.494 e. The van der Waals surface area contributed by atoms with Crippen molar-refractivity contribution in [3.05, 3.63) is 42.5 Å². The van der Waals surface area contributed by atoms with Gasteiger partial charge in [-0.25, -0.2) is 0 Å². The van der Waals surface area contributed by atoms with Gasteiger partial charge in [0.2, 0.25) is 0 Å². The van der Waals surface area contributed by atoms with E-state index < -0.39 is 5.97 Å². The van der Waals surface area contributed by atoms with Gasteiger partial charge in [0.1, 0.15) is 5.75 Å². The number of carboxylic acids is 1. The summed E-state index contributed by atoms with van der Waals surface area (Å²) in [6, 6.07) is 14.1. The van der Waals surface area contributed by atoms with Crippen molar-refractivity contribution in [2.24, 2.45) is 0 Å². The predicted octanol–water partition coefficient (Wildman–Crippen LogP) is 3.47. The van der Waals surface area contributed by atoms with E-state index in [1.54, 1.807) is 0 Å². The number of fused-ring (bicyclic) bond motifs is 1. The topological polar surface area (TPSA) is 46.5 Å². The van der Waals surface area contributed by atoms with Crippen LogP contribution in [0.2, 0.25) is 0 Å². The van der Waals surface area contributed by atoms with Gasteiger partial charge in [-0.1, -0.05) is 30.3 Å². The Morgan fingerprint density at radius 1 is 1.06 bits per heavy atom. The first-order chi connectivity index (χ1) is 8.75. The zero-order valence-corrected chi connectivity index (χ0v) is 10.1. The van der Waals surface area contributed by atoms with Crippen molar-refractivity contribution in [1.82, 2.24) is 0 Å². The number of rotatable bonds is 6. The van der Waals surface area contributed by atoms with Gasteiger partial charge in [-0.2, -0.15) is 0 Å². The minimum absolute atomic E-state index is 0.209. The van der Waals surface area contributed by atoms with Crippen molar-refractivity contribution in [2.45, 2.75) is 19.3 Å². The zero-order valence-electron chi connectivity index (χ0n) is 10.1. The molecule has 94 valence electrons. The standard InChI is InChI=1S/C15H16O3/c16-15(17)7-3-4-10-18-14-9-8-12-5-1-2-6-13(12)11-14/h1-2,5-6,8-9,11H,3-4,7,10H2,(H,16,17). The Balaban J connectivity index is 1.86. The SMILES string of the molecule is O=C(O)CCCCOc1ccc2ccccc2c1. The lowest BCUT2D eigenvalue weighted by Gasteiger charge is -2.06. The highest BCUT2D eigenvalue weighted by molar-refractivity contribution is 5.83. The first-order valence-electron chi connectivity index (χ1n) is 6.09. The first-order valence-corrected chi connectivity index (χ1v) is 6.09. The maximum atomic E-state index is 10.3. The number of carboxylic acid groups (broad SMARTS) is 1. The molecule has 0 bridgehead atoms. The Bertz CT molecular complexity index is 534. The van der Waals surface area contributed by atoms with E-state index in [2.05, 4.69) is 6.07 Å². The van der Waals surface area contributed by atoms with Crippen LogP contribution in [0.3, 0.4) is 0 Å². The van der Waals surface area contributed by atoms with Crippen LogP contribution in [0.1, 0.15) is 19.3 Å². The van der Waals surface area contributed by atoms with Gasteiger partial charge in [-0.3, -0.25) is 4.79 Å². The second-order valence-electron chi connectivity index (χ2n) is 4.21. The minimum Gasteiger partial charge on any atom is -0.494 e. The highest BCUT2D eigenvalue weighted by Crippen LogP contribution is 2.20. The normalized spacial score (nSPS) is 10.4. The Hall–Kier alpha value is -2.03. The van der Waals surface area contributed by atoms with E-state index in [9.17, 15) is 4.79 Å². The lowest BCUT2D eigenvalue weighted by molar-refractivity contribution is -0.137. The number of hydrogen-bond donors (Lipinski definition) is 1. The number of aliphatic carboxylic acids is 1. The molecule has 0 saturated heterocycles. The maximum Gasteiger partial charge on any atom is 0.303 e. The third-order valence-electron chi connectivity index (χ3n) is 2.77. The summed E-state index contributed by atoms with van der Waals surface area (Å²) in [5.41, 5.74) is 0. The number of carbonyl (C=O) groups is 1. The summed E-state index contributed by atoms with van der Waals surface area (Å²) >= 11 is 0. The van der Waals surface area contributed by atoms with E-state index in [4.69, 9.17) is 9.84 Å². The summed E-state index contributed by atoms with van der Waals surface area (Å²) in [5.74, 6) is 0.0877. The second-order valence-corrected chi connectivity index (χ2v) is 4.21. The Morgan fingerprint density at radius 2 is 1.83 bits per heavy atom. The number of ether oxygens (including phenoxy) is 1. The molecule has 0 aliphatic heterocycles. The fraction of sp³-hybridized carbons (Fsp3) is 0.267. The molecule has 0 aliphatic carbocycles. The third kappa shape index (κ3) is 3.48. The van der Waals surface area contributed by atoms with E-state index in [-0.39, 0.29) is 6.42 Å². The van der Waals surface area contributed by atoms with E-state index in [1.807, 2.05) is 36.4 Å². The Kier molecular flexibility index (Phi) is 4.18. The quantitative estimate of drug-likeness (QED) is 0.791. The zero-order chi connectivity index (χ0) is 12.8. The fourth-order valence-corrected chi connectivity index (χ4v) is 1.83. The van der Waals surface area contributed by atoms with Crippen LogP contribution in [0, 0.1) is 0 Å². The summed E-state index contributed by atoms with van der Waals surface area (Å²) in [5, 5.41) is 10.9. The van der Waals surface area contributed by atoms with E-state index >= 15 is 0 Å². The molecule has 3 heteroatoms. The molecule has 0 unspecified atom stereocenters. The van der Waals surface area contributed by atoms with Gasteiger partial charge in [0.15, 0.2) is 0 Å². The molecule has 0 aliphatic rings. The summed E-state index contributed by atoms with van der Waals surface area (Å²) in [4.78, 5) is 10.3. The van der Waals surface area contributed by atoms with Crippen LogP contribution in [0.5, 0.6) is 5.75 Å². The fourth-order valence-electron chi connectivity index (χ4n) is 1.83. The van der Waals surface area contributed by atoms with Crippen LogP contribution in [-0.2, 0) is 4.79 Å². The van der Waals surface area contributed by atoms with Crippen LogP contribution in [0.25, 0.3) is 10.8 Å². The molecule has 18 heavy (non-hydrogen) atoms. The molecule has 0 heterocycles. The molecule has 2 rings (SSSR count). The van der Waals surface area contributed by atoms with Gasteiger partial charge in [-0.15, -0.1) is 0 Å². The highest BCUT2D eigenvalue weighted by Gasteiger charge is 1.99. The van der Waals surface area contributed by atoms with Crippen LogP contribution in [0.4, 0.5) is 0 Å². The molecule has 0 saturated carbocycles. The molecule has 1 N–H and O–H groups in total. The molecule has 0 spiro atoms. The predicted molar refractivity (Wildman–Crippen MR) is 70.9 cm³/mol. The molecule has 0 amide bonds. The van der Waals surface area contributed by atoms with Crippen LogP contribution < -0.4 is 4.74 Å². The summed E-state index contributed by atoms with van der Waals surface area (Å²) < 4.78 is 5.60. The molecule has 0 radical (unpaired) electrons. The monoisotopic (exact) mass is 244 g/mol. The Labute approximate surface area is 106 Å². The van der Waals surface area contributed by atoms with Gasteiger partial charge in [-0.05, 0) is 35.7 Å². The number of benzene rings is 2. The van der Waals surface area contributed by atoms with Crippen molar-refractivity contribution in [3.8, 4) is 5.75 Å². The van der Waals surface area contributed by atoms with Gasteiger partial charge < -0.3 is 9.84 Å². The van der Waals surface area contributed by atoms with Crippen molar-refractivity contribution in [3.63, 3.8) is 0 Å². The molecule has 0 atom stereocenters. The first kappa shape index (κ1) is 12.4. The number of hydrogen-bond acceptors (Lipinski definition) is 2. The van der Waals surface area contributed by atoms with Crippen molar-refractivity contribution in [2.75, 3.05) is 6.61 Å². The van der Waals surface area contributed by atoms with Crippen LogP contribution in [0.15, 0.2) is 42.5 Å². The van der Waals surface area contributed by atoms with Crippen molar-refractivity contribution in [1.29, 1.82) is 0 Å². The molecular formula is C15H16O3. The molecule has 3 nitrogen and oxygen atoms in total. The summed E-state index contributed by atoms with van der Waals surface area (Å²) in [6.45, 7) is 0.561. The molecule has 2 aromatic rings. The second kappa shape index (κ2) is 6.05. The van der Waals surface area contributed by atoms with E-state index in [1.165, 1.54) is 5.39 Å². The lowest BCUT2D eigenvalue weighted by Crippen LogP contribution is -2.00. The Morgan fingerprint density at radius 3 is 2.61 bits per heavy atom. The minimum atomic E-state index is -0.749. The third-order valence-corrected chi connectivity index (χ3v) is 2.77. The number of unbranched alkanes of at least 4 members (excludes halogenated alkanes) is 1. The van der Waals surface area contributed by atoms with E-state index in [0.717, 1.165) is 17.6 Å². The summed E-state index contributed by atoms with van der Waals surface area (Å²) in [6.07, 6.45) is 1.63. The van der Waals surface area contributed by atoms with Gasteiger partial charge in [0.25, 0.3) is 0 Å². The molecule has 0 aromatic heterocycles. The highest BCUT2D eigenvalue weighted by atomic mass is 16.5. The average molecular weight is 244 g/mol. The molecule has 0 fully saturated rings. The van der Waals surface area contributed by atoms with Gasteiger partial charge in [0.05, 0.1) is 6.61 Å². The van der Waals surface area contributed by atoms with Gasteiger partial charge in [0, 0.05) is 6.42 Å². The van der Waals surface area contributed by atoms with Crippen LogP contribution >= 0.6 is 0 Å². The average Bonchev–Trinajstić information content (AvgIpc) is 2.38. The van der Waals surface area contributed by atoms with Crippen LogP contribution in [-0.4, -0.2) is 17.7 Å².